The van der Waals surface area contributed by atoms with Gasteiger partial charge in [-0.15, -0.1) is 0 Å². The molecular formula is C14H22N2O3. The summed E-state index contributed by atoms with van der Waals surface area (Å²) in [6.07, 6.45) is 0.908. The lowest BCUT2D eigenvalue weighted by atomic mass is 10.1. The Hall–Kier alpha value is -1.62. The molecule has 0 saturated carbocycles. The molecule has 0 aliphatic heterocycles. The highest BCUT2D eigenvalue weighted by molar-refractivity contribution is 5.66. The highest BCUT2D eigenvalue weighted by Crippen LogP contribution is 2.29. The van der Waals surface area contributed by atoms with E-state index in [1.807, 2.05) is 33.8 Å². The minimum Gasteiger partial charge on any atom is -0.379 e. The summed E-state index contributed by atoms with van der Waals surface area (Å²) in [5, 5.41) is 14.2. The van der Waals surface area contributed by atoms with Crippen molar-refractivity contribution in [3.63, 3.8) is 0 Å². The smallest absolute Gasteiger partial charge is 0.292 e. The van der Waals surface area contributed by atoms with Crippen LogP contribution in [0.15, 0.2) is 18.2 Å². The zero-order chi connectivity index (χ0) is 14.5. The van der Waals surface area contributed by atoms with Crippen molar-refractivity contribution in [1.29, 1.82) is 0 Å². The first-order valence-corrected chi connectivity index (χ1v) is 6.49. The molecule has 1 aromatic carbocycles. The van der Waals surface area contributed by atoms with Crippen molar-refractivity contribution in [3.05, 3.63) is 33.9 Å². The minimum atomic E-state index is -0.363. The summed E-state index contributed by atoms with van der Waals surface area (Å²) >= 11 is 0. The molecule has 1 N–H and O–H groups in total. The maximum absolute atomic E-state index is 11.1. The zero-order valence-electron chi connectivity index (χ0n) is 12.0. The van der Waals surface area contributed by atoms with Crippen LogP contribution in [0.3, 0.4) is 0 Å². The Morgan fingerprint density at radius 3 is 2.58 bits per heavy atom. The fourth-order valence-electron chi connectivity index (χ4n) is 1.61. The highest BCUT2D eigenvalue weighted by Gasteiger charge is 2.18. The number of rotatable bonds is 6. The molecule has 1 aromatic rings. The minimum absolute atomic E-state index is 0.100. The number of ether oxygens (including phenoxy) is 1. The lowest BCUT2D eigenvalue weighted by molar-refractivity contribution is -0.384. The van der Waals surface area contributed by atoms with Gasteiger partial charge in [-0.25, -0.2) is 0 Å². The van der Waals surface area contributed by atoms with Crippen LogP contribution in [0.5, 0.6) is 0 Å². The molecule has 5 heteroatoms. The normalized spacial score (nSPS) is 11.4. The summed E-state index contributed by atoms with van der Waals surface area (Å²) in [4.78, 5) is 10.7. The van der Waals surface area contributed by atoms with Crippen molar-refractivity contribution in [2.45, 2.75) is 46.3 Å². The summed E-state index contributed by atoms with van der Waals surface area (Å²) in [6.45, 7) is 8.97. The first-order valence-electron chi connectivity index (χ1n) is 6.49. The van der Waals surface area contributed by atoms with Crippen molar-refractivity contribution in [2.75, 3.05) is 11.9 Å². The van der Waals surface area contributed by atoms with E-state index in [1.54, 1.807) is 6.07 Å². The molecule has 0 saturated heterocycles. The molecule has 0 heterocycles. The van der Waals surface area contributed by atoms with Gasteiger partial charge in [0, 0.05) is 18.2 Å². The van der Waals surface area contributed by atoms with E-state index in [0.717, 1.165) is 12.0 Å². The number of benzene rings is 1. The summed E-state index contributed by atoms with van der Waals surface area (Å²) < 4.78 is 5.71. The van der Waals surface area contributed by atoms with Crippen LogP contribution in [0.2, 0.25) is 0 Å². The Bertz CT molecular complexity index is 439. The van der Waals surface area contributed by atoms with Gasteiger partial charge >= 0.3 is 0 Å². The summed E-state index contributed by atoms with van der Waals surface area (Å²) in [7, 11) is 0. The molecule has 1 rings (SSSR count). The van der Waals surface area contributed by atoms with E-state index < -0.39 is 0 Å². The first kappa shape index (κ1) is 15.4. The van der Waals surface area contributed by atoms with Crippen molar-refractivity contribution < 1.29 is 9.66 Å². The van der Waals surface area contributed by atoms with E-state index in [2.05, 4.69) is 5.32 Å². The predicted molar refractivity (Wildman–Crippen MR) is 76.4 cm³/mol. The Labute approximate surface area is 114 Å². The van der Waals surface area contributed by atoms with Crippen molar-refractivity contribution in [3.8, 4) is 0 Å². The summed E-state index contributed by atoms with van der Waals surface area (Å²) in [6, 6.07) is 5.06. The SMILES string of the molecule is CCCNc1c(COC(C)(C)C)cccc1[N+](=O)[O-]. The van der Waals surface area contributed by atoms with E-state index in [1.165, 1.54) is 6.07 Å². The van der Waals surface area contributed by atoms with Gasteiger partial charge in [0.25, 0.3) is 5.69 Å². The van der Waals surface area contributed by atoms with Gasteiger partial charge in [-0.3, -0.25) is 10.1 Å². The van der Waals surface area contributed by atoms with Gasteiger partial charge in [-0.2, -0.15) is 0 Å². The van der Waals surface area contributed by atoms with E-state index in [9.17, 15) is 10.1 Å². The second-order valence-electron chi connectivity index (χ2n) is 5.40. The van der Waals surface area contributed by atoms with Crippen molar-refractivity contribution in [1.82, 2.24) is 0 Å². The Balaban J connectivity index is 3.01. The summed E-state index contributed by atoms with van der Waals surface area (Å²) in [5.74, 6) is 0. The number of nitro groups is 1. The number of hydrogen-bond acceptors (Lipinski definition) is 4. The van der Waals surface area contributed by atoms with Crippen LogP contribution in [-0.4, -0.2) is 17.1 Å². The van der Waals surface area contributed by atoms with Crippen LogP contribution >= 0.6 is 0 Å². The Morgan fingerprint density at radius 2 is 2.05 bits per heavy atom. The maximum Gasteiger partial charge on any atom is 0.292 e. The number of nitro benzene ring substituents is 1. The van der Waals surface area contributed by atoms with Gasteiger partial charge < -0.3 is 10.1 Å². The van der Waals surface area contributed by atoms with Crippen molar-refractivity contribution in [2.24, 2.45) is 0 Å². The van der Waals surface area contributed by atoms with Gasteiger partial charge in [0.1, 0.15) is 5.69 Å². The third-order valence-electron chi connectivity index (χ3n) is 2.54. The topological polar surface area (TPSA) is 64.4 Å². The largest absolute Gasteiger partial charge is 0.379 e. The average molecular weight is 266 g/mol. The van der Waals surface area contributed by atoms with Crippen molar-refractivity contribution >= 4 is 11.4 Å². The third kappa shape index (κ3) is 4.87. The van der Waals surface area contributed by atoms with E-state index in [-0.39, 0.29) is 16.2 Å². The van der Waals surface area contributed by atoms with E-state index >= 15 is 0 Å². The Morgan fingerprint density at radius 1 is 1.37 bits per heavy atom. The van der Waals surface area contributed by atoms with E-state index in [4.69, 9.17) is 4.74 Å². The molecule has 0 radical (unpaired) electrons. The number of anilines is 1. The fourth-order valence-corrected chi connectivity index (χ4v) is 1.61. The zero-order valence-corrected chi connectivity index (χ0v) is 12.0. The molecule has 106 valence electrons. The molecule has 0 unspecified atom stereocenters. The van der Waals surface area contributed by atoms with Crippen LogP contribution in [0.1, 0.15) is 39.7 Å². The second kappa shape index (κ2) is 6.52. The predicted octanol–water partition coefficient (Wildman–Crippen LogP) is 3.73. The molecule has 0 spiro atoms. The third-order valence-corrected chi connectivity index (χ3v) is 2.54. The lowest BCUT2D eigenvalue weighted by Crippen LogP contribution is -2.19. The van der Waals surface area contributed by atoms with Gasteiger partial charge in [-0.05, 0) is 27.2 Å². The molecule has 0 fully saturated rings. The molecule has 19 heavy (non-hydrogen) atoms. The lowest BCUT2D eigenvalue weighted by Gasteiger charge is -2.21. The number of nitrogens with one attached hydrogen (secondary N) is 1. The van der Waals surface area contributed by atoms with Crippen LogP contribution in [0, 0.1) is 10.1 Å². The molecule has 5 nitrogen and oxygen atoms in total. The van der Waals surface area contributed by atoms with Gasteiger partial charge in [0.2, 0.25) is 0 Å². The molecule has 0 aliphatic carbocycles. The molecule has 0 atom stereocenters. The van der Waals surface area contributed by atoms with Crippen LogP contribution in [-0.2, 0) is 11.3 Å². The van der Waals surface area contributed by atoms with Crippen LogP contribution in [0.25, 0.3) is 0 Å². The molecule has 0 bridgehead atoms. The van der Waals surface area contributed by atoms with Gasteiger partial charge in [-0.1, -0.05) is 19.1 Å². The highest BCUT2D eigenvalue weighted by atomic mass is 16.6. The molecule has 0 aromatic heterocycles. The van der Waals surface area contributed by atoms with Gasteiger partial charge in [0.15, 0.2) is 0 Å². The van der Waals surface area contributed by atoms with Gasteiger partial charge in [0.05, 0.1) is 17.1 Å². The Kier molecular flexibility index (Phi) is 5.30. The average Bonchev–Trinajstić information content (AvgIpc) is 2.32. The second-order valence-corrected chi connectivity index (χ2v) is 5.40. The monoisotopic (exact) mass is 266 g/mol. The summed E-state index contributed by atoms with van der Waals surface area (Å²) in [5.41, 5.74) is 1.21. The van der Waals surface area contributed by atoms with Crippen LogP contribution in [0.4, 0.5) is 11.4 Å². The number of para-hydroxylation sites is 1. The number of hydrogen-bond donors (Lipinski definition) is 1. The molecule has 0 amide bonds. The molecular weight excluding hydrogens is 244 g/mol. The van der Waals surface area contributed by atoms with E-state index in [0.29, 0.717) is 18.8 Å². The molecule has 0 aliphatic rings. The number of nitrogens with zero attached hydrogens (tertiary/aromatic N) is 1. The standard InChI is InChI=1S/C14H22N2O3/c1-5-9-15-13-11(10-19-14(2,3)4)7-6-8-12(13)16(17)18/h6-8,15H,5,9-10H2,1-4H3. The first-order chi connectivity index (χ1) is 8.85. The van der Waals surface area contributed by atoms with Crippen LogP contribution < -0.4 is 5.32 Å². The fraction of sp³-hybridized carbons (Fsp3) is 0.571. The maximum atomic E-state index is 11.1. The quantitative estimate of drug-likeness (QED) is 0.629.